The lowest BCUT2D eigenvalue weighted by Crippen LogP contribution is -2.47. The Morgan fingerprint density at radius 3 is 2.70 bits per heavy atom. The summed E-state index contributed by atoms with van der Waals surface area (Å²) in [5.74, 6) is -6.58. The molecule has 1 aliphatic heterocycles. The van der Waals surface area contributed by atoms with Crippen LogP contribution in [-0.4, -0.2) is 61.9 Å². The maximum Gasteiger partial charge on any atom is 0.393 e. The third kappa shape index (κ3) is 6.81. The van der Waals surface area contributed by atoms with E-state index in [1.54, 1.807) is 18.3 Å². The largest absolute Gasteiger partial charge is 0.393 e. The van der Waals surface area contributed by atoms with Crippen LogP contribution in [0, 0.1) is 17.8 Å². The number of carbonyl (C=O) groups is 2. The zero-order chi connectivity index (χ0) is 30.9. The third-order valence-electron chi connectivity index (χ3n) is 8.39. The monoisotopic (exact) mass is 611 g/mol. The van der Waals surface area contributed by atoms with Crippen molar-refractivity contribution in [1.29, 1.82) is 0 Å². The van der Waals surface area contributed by atoms with Crippen molar-refractivity contribution in [3.8, 4) is 0 Å². The second-order valence-corrected chi connectivity index (χ2v) is 11.3. The molecule has 0 aromatic carbocycles. The number of nitrogens with one attached hydrogen (secondary N) is 2. The van der Waals surface area contributed by atoms with Crippen LogP contribution in [0.1, 0.15) is 72.5 Å². The maximum absolute atomic E-state index is 14.0. The van der Waals surface area contributed by atoms with Gasteiger partial charge in [0.15, 0.2) is 5.65 Å². The van der Waals surface area contributed by atoms with Crippen molar-refractivity contribution in [2.75, 3.05) is 13.7 Å². The topological polar surface area (TPSA) is 115 Å². The minimum atomic E-state index is -4.44. The van der Waals surface area contributed by atoms with Gasteiger partial charge in [-0.15, -0.1) is 0 Å². The van der Waals surface area contributed by atoms with Crippen LogP contribution >= 0.6 is 0 Å². The summed E-state index contributed by atoms with van der Waals surface area (Å²) in [6.45, 7) is 1.92. The van der Waals surface area contributed by atoms with Crippen LogP contribution in [0.3, 0.4) is 0 Å². The first-order valence-corrected chi connectivity index (χ1v) is 14.3. The lowest BCUT2D eigenvalue weighted by molar-refractivity contribution is -0.183. The normalized spacial score (nSPS) is 22.0. The molecule has 1 saturated carbocycles. The molecule has 2 N–H and O–H groups in total. The van der Waals surface area contributed by atoms with Crippen molar-refractivity contribution >= 4 is 17.5 Å². The number of aryl methyl sites for hydroxylation is 1. The lowest BCUT2D eigenvalue weighted by atomic mass is 9.81. The number of hydrogen-bond donors (Lipinski definition) is 2. The van der Waals surface area contributed by atoms with E-state index in [-0.39, 0.29) is 51.0 Å². The van der Waals surface area contributed by atoms with E-state index in [0.717, 1.165) is 0 Å². The summed E-state index contributed by atoms with van der Waals surface area (Å²) >= 11 is 0. The predicted molar refractivity (Wildman–Crippen MR) is 143 cm³/mol. The molecule has 3 atom stereocenters. The van der Waals surface area contributed by atoms with E-state index in [4.69, 9.17) is 4.74 Å². The predicted octanol–water partition coefficient (Wildman–Crippen LogP) is 4.25. The molecule has 3 aromatic heterocycles. The van der Waals surface area contributed by atoms with Crippen molar-refractivity contribution in [3.63, 3.8) is 0 Å². The first-order chi connectivity index (χ1) is 20.4. The minimum absolute atomic E-state index is 0.0422. The van der Waals surface area contributed by atoms with Crippen molar-refractivity contribution < 1.29 is 36.3 Å². The van der Waals surface area contributed by atoms with Gasteiger partial charge in [-0.05, 0) is 44.2 Å². The SMILES string of the molecule is CCn1nccc1C(=O)N[C@H](c1cn2nc(CC3C[C@@H](C(F)(F)F)CNC3=O)c(COC)cc2n1)C1CCC(F)(F)CC1. The molecule has 2 aliphatic rings. The molecule has 5 rings (SSSR count). The highest BCUT2D eigenvalue weighted by atomic mass is 19.4. The molecule has 0 spiro atoms. The van der Waals surface area contributed by atoms with E-state index in [1.807, 2.05) is 6.92 Å². The summed E-state index contributed by atoms with van der Waals surface area (Å²) in [5, 5.41) is 14.1. The number of piperidine rings is 1. The summed E-state index contributed by atoms with van der Waals surface area (Å²) in [4.78, 5) is 30.5. The first kappa shape index (κ1) is 30.8. The van der Waals surface area contributed by atoms with Gasteiger partial charge in [-0.1, -0.05) is 0 Å². The van der Waals surface area contributed by atoms with Gasteiger partial charge in [-0.3, -0.25) is 14.3 Å². The molecule has 3 aromatic rings. The van der Waals surface area contributed by atoms with Crippen molar-refractivity contribution in [2.45, 2.75) is 76.7 Å². The average Bonchev–Trinajstić information content (AvgIpc) is 3.59. The van der Waals surface area contributed by atoms with Crippen molar-refractivity contribution in [3.05, 3.63) is 47.2 Å². The Labute approximate surface area is 244 Å². The zero-order valence-electron chi connectivity index (χ0n) is 23.8. The molecule has 1 unspecified atom stereocenters. The fraction of sp³-hybridized carbons (Fsp3) is 0.607. The number of imidazole rings is 1. The number of methoxy groups -OCH3 is 1. The standard InChI is InChI=1S/C28H34F5N7O3/c1-3-39-22(6-9-35-39)26(42)37-24(16-4-7-27(29,30)8-5-16)21-14-40-23(36-21)12-18(15-43-2)20(38-40)11-17-10-19(28(31,32)33)13-34-25(17)41/h6,9,12,14,16-17,19,24H,3-5,7-8,10-11,13,15H2,1-2H3,(H,34,41)(H,37,42)/t17?,19-,24+/m1/s1. The van der Waals surface area contributed by atoms with Gasteiger partial charge in [0.25, 0.3) is 5.91 Å². The van der Waals surface area contributed by atoms with Gasteiger partial charge in [0.2, 0.25) is 11.8 Å². The van der Waals surface area contributed by atoms with Crippen LogP contribution in [-0.2, 0) is 29.1 Å². The Bertz CT molecular complexity index is 1460. The lowest BCUT2D eigenvalue weighted by Gasteiger charge is -2.33. The number of hydrogen-bond acceptors (Lipinski definition) is 6. The molecule has 234 valence electrons. The van der Waals surface area contributed by atoms with Crippen LogP contribution in [0.4, 0.5) is 22.0 Å². The van der Waals surface area contributed by atoms with E-state index in [1.165, 1.54) is 22.5 Å². The van der Waals surface area contributed by atoms with E-state index in [9.17, 15) is 31.5 Å². The van der Waals surface area contributed by atoms with Gasteiger partial charge in [0.1, 0.15) is 5.69 Å². The Kier molecular flexibility index (Phi) is 8.72. The number of amides is 2. The number of carbonyl (C=O) groups excluding carboxylic acids is 2. The number of ether oxygens (including phenoxy) is 1. The van der Waals surface area contributed by atoms with Crippen LogP contribution in [0.25, 0.3) is 5.65 Å². The number of fused-ring (bicyclic) bond motifs is 1. The number of rotatable bonds is 9. The average molecular weight is 612 g/mol. The molecule has 0 radical (unpaired) electrons. The molecule has 2 fully saturated rings. The number of halogens is 5. The Morgan fingerprint density at radius 1 is 1.28 bits per heavy atom. The second kappa shape index (κ2) is 12.2. The highest BCUT2D eigenvalue weighted by Gasteiger charge is 2.45. The molecule has 2 amide bonds. The number of alkyl halides is 5. The Balaban J connectivity index is 1.47. The second-order valence-electron chi connectivity index (χ2n) is 11.3. The fourth-order valence-electron chi connectivity index (χ4n) is 6.00. The molecule has 15 heteroatoms. The van der Waals surface area contributed by atoms with Gasteiger partial charge in [-0.2, -0.15) is 23.4 Å². The molecule has 1 saturated heterocycles. The molecule has 1 aliphatic carbocycles. The van der Waals surface area contributed by atoms with Gasteiger partial charge in [0.05, 0.1) is 36.2 Å². The summed E-state index contributed by atoms with van der Waals surface area (Å²) < 4.78 is 76.6. The highest BCUT2D eigenvalue weighted by molar-refractivity contribution is 5.92. The van der Waals surface area contributed by atoms with Gasteiger partial charge < -0.3 is 15.4 Å². The van der Waals surface area contributed by atoms with Crippen LogP contribution in [0.2, 0.25) is 0 Å². The minimum Gasteiger partial charge on any atom is -0.380 e. The molecule has 4 heterocycles. The van der Waals surface area contributed by atoms with Crippen LogP contribution < -0.4 is 10.6 Å². The highest BCUT2D eigenvalue weighted by Crippen LogP contribution is 2.41. The van der Waals surface area contributed by atoms with E-state index < -0.39 is 48.3 Å². The smallest absolute Gasteiger partial charge is 0.380 e. The summed E-state index contributed by atoms with van der Waals surface area (Å²) in [6.07, 6.45) is -2.02. The Hall–Kier alpha value is -3.62. The first-order valence-electron chi connectivity index (χ1n) is 14.3. The van der Waals surface area contributed by atoms with Crippen LogP contribution in [0.15, 0.2) is 24.5 Å². The third-order valence-corrected chi connectivity index (χ3v) is 8.39. The molecular weight excluding hydrogens is 577 g/mol. The number of nitrogens with zero attached hydrogens (tertiary/aromatic N) is 5. The molecular formula is C28H34F5N7O3. The fourth-order valence-corrected chi connectivity index (χ4v) is 6.00. The van der Waals surface area contributed by atoms with Crippen LogP contribution in [0.5, 0.6) is 0 Å². The van der Waals surface area contributed by atoms with Gasteiger partial charge in [0, 0.05) is 57.1 Å². The summed E-state index contributed by atoms with van der Waals surface area (Å²) in [5.41, 5.74) is 2.05. The number of aromatic nitrogens is 5. The van der Waals surface area contributed by atoms with Gasteiger partial charge in [-0.25, -0.2) is 18.3 Å². The zero-order valence-corrected chi connectivity index (χ0v) is 23.8. The maximum atomic E-state index is 14.0. The van der Waals surface area contributed by atoms with E-state index in [0.29, 0.717) is 34.8 Å². The Morgan fingerprint density at radius 2 is 2.02 bits per heavy atom. The quantitative estimate of drug-likeness (QED) is 0.350. The van der Waals surface area contributed by atoms with E-state index >= 15 is 0 Å². The molecule has 10 nitrogen and oxygen atoms in total. The van der Waals surface area contributed by atoms with Crippen molar-refractivity contribution in [2.24, 2.45) is 17.8 Å². The molecule has 0 bridgehead atoms. The summed E-state index contributed by atoms with van der Waals surface area (Å²) in [6, 6.07) is 2.54. The van der Waals surface area contributed by atoms with Gasteiger partial charge >= 0.3 is 6.18 Å². The summed E-state index contributed by atoms with van der Waals surface area (Å²) in [7, 11) is 1.46. The van der Waals surface area contributed by atoms with Crippen molar-refractivity contribution in [1.82, 2.24) is 35.0 Å². The van der Waals surface area contributed by atoms with E-state index in [2.05, 4.69) is 25.8 Å². The molecule has 43 heavy (non-hydrogen) atoms.